The van der Waals surface area contributed by atoms with Gasteiger partial charge in [0.1, 0.15) is 0 Å². The second-order valence-electron chi connectivity index (χ2n) is 4.93. The fourth-order valence-corrected chi connectivity index (χ4v) is 2.86. The minimum Gasteiger partial charge on any atom is -0.398 e. The molecule has 0 aromatic heterocycles. The molecule has 90 valence electrons. The highest BCUT2D eigenvalue weighted by molar-refractivity contribution is 6.08. The van der Waals surface area contributed by atoms with Gasteiger partial charge in [-0.3, -0.25) is 0 Å². The Morgan fingerprint density at radius 2 is 1.21 bits per heavy atom. The summed E-state index contributed by atoms with van der Waals surface area (Å²) in [6.07, 6.45) is 0. The Morgan fingerprint density at radius 3 is 2.00 bits per heavy atom. The molecule has 2 N–H and O–H groups in total. The van der Waals surface area contributed by atoms with Gasteiger partial charge >= 0.3 is 0 Å². The van der Waals surface area contributed by atoms with Crippen LogP contribution in [0.25, 0.3) is 32.7 Å². The second kappa shape index (κ2) is 3.72. The predicted octanol–water partition coefficient (Wildman–Crippen LogP) is 4.68. The van der Waals surface area contributed by atoms with Gasteiger partial charge in [0.15, 0.2) is 0 Å². The van der Waals surface area contributed by atoms with Gasteiger partial charge in [-0.25, -0.2) is 0 Å². The third kappa shape index (κ3) is 1.48. The fraction of sp³-hybridized carbons (Fsp3) is 0. The summed E-state index contributed by atoms with van der Waals surface area (Å²) in [5, 5.41) is 4.88. The smallest absolute Gasteiger partial charge is 0.0406 e. The minimum atomic E-state index is 0.845. The minimum absolute atomic E-state index is 0.845. The van der Waals surface area contributed by atoms with Gasteiger partial charge in [-0.1, -0.05) is 48.5 Å². The highest BCUT2D eigenvalue weighted by Crippen LogP contribution is 2.39. The standard InChI is InChI=1S/C18H13N/c19-17-11-13-6-2-1-5-12(13)9-15-10-14-7-3-4-8-16(14)18(15)17/h1-11H,19H2. The van der Waals surface area contributed by atoms with Gasteiger partial charge in [-0.2, -0.15) is 0 Å². The maximum atomic E-state index is 6.31. The first kappa shape index (κ1) is 10.4. The molecule has 4 rings (SSSR count). The number of hydrogen-bond acceptors (Lipinski definition) is 1. The summed E-state index contributed by atoms with van der Waals surface area (Å²) in [5.74, 6) is 0. The summed E-state index contributed by atoms with van der Waals surface area (Å²) < 4.78 is 0. The maximum absolute atomic E-state index is 6.31. The van der Waals surface area contributed by atoms with Crippen molar-refractivity contribution in [3.05, 3.63) is 66.7 Å². The van der Waals surface area contributed by atoms with Crippen molar-refractivity contribution >= 4 is 27.2 Å². The molecule has 1 heteroatoms. The van der Waals surface area contributed by atoms with Crippen LogP contribution in [-0.2, 0) is 0 Å². The summed E-state index contributed by atoms with van der Waals surface area (Å²) in [6.45, 7) is 0. The van der Waals surface area contributed by atoms with Crippen LogP contribution in [0, 0.1) is 0 Å². The highest BCUT2D eigenvalue weighted by atomic mass is 14.6. The lowest BCUT2D eigenvalue weighted by atomic mass is 10.1. The molecule has 2 aliphatic carbocycles. The van der Waals surface area contributed by atoms with Crippen molar-refractivity contribution in [2.75, 3.05) is 5.73 Å². The molecule has 0 spiro atoms. The molecule has 0 amide bonds. The second-order valence-corrected chi connectivity index (χ2v) is 4.93. The quantitative estimate of drug-likeness (QED) is 0.477. The van der Waals surface area contributed by atoms with E-state index in [1.807, 2.05) is 6.07 Å². The SMILES string of the molecule is Nc1cc2ccccc2cc2cc3ccccc3c1-2. The van der Waals surface area contributed by atoms with Crippen molar-refractivity contribution in [3.8, 4) is 11.1 Å². The molecular weight excluding hydrogens is 230 g/mol. The van der Waals surface area contributed by atoms with Crippen LogP contribution < -0.4 is 5.73 Å². The Labute approximate surface area is 111 Å². The molecule has 0 radical (unpaired) electrons. The Kier molecular flexibility index (Phi) is 2.04. The van der Waals surface area contributed by atoms with E-state index >= 15 is 0 Å². The van der Waals surface area contributed by atoms with Gasteiger partial charge in [-0.15, -0.1) is 0 Å². The van der Waals surface area contributed by atoms with E-state index in [1.165, 1.54) is 27.1 Å². The van der Waals surface area contributed by atoms with E-state index in [4.69, 9.17) is 5.73 Å². The Balaban J connectivity index is 2.26. The molecule has 0 saturated heterocycles. The monoisotopic (exact) mass is 243 g/mol. The fourth-order valence-electron chi connectivity index (χ4n) is 2.86. The number of benzene rings is 2. The van der Waals surface area contributed by atoms with Crippen LogP contribution in [0.5, 0.6) is 0 Å². The highest BCUT2D eigenvalue weighted by Gasteiger charge is 2.12. The molecule has 0 unspecified atom stereocenters. The molecule has 2 aromatic rings. The zero-order valence-corrected chi connectivity index (χ0v) is 10.4. The summed E-state index contributed by atoms with van der Waals surface area (Å²) in [4.78, 5) is 0. The van der Waals surface area contributed by atoms with Gasteiger partial charge < -0.3 is 5.73 Å². The third-order valence-corrected chi connectivity index (χ3v) is 3.74. The normalized spacial score (nSPS) is 11.4. The molecule has 1 nitrogen and oxygen atoms in total. The van der Waals surface area contributed by atoms with Crippen molar-refractivity contribution in [1.82, 2.24) is 0 Å². The lowest BCUT2D eigenvalue weighted by molar-refractivity contribution is 1.79. The van der Waals surface area contributed by atoms with E-state index in [0.29, 0.717) is 0 Å². The van der Waals surface area contributed by atoms with Gasteiger partial charge in [0.05, 0.1) is 0 Å². The van der Waals surface area contributed by atoms with Crippen LogP contribution >= 0.6 is 0 Å². The Bertz CT molecular complexity index is 877. The number of nitrogens with two attached hydrogens (primary N) is 1. The average Bonchev–Trinajstić information content (AvgIpc) is 2.72. The van der Waals surface area contributed by atoms with Gasteiger partial charge in [0.2, 0.25) is 0 Å². The maximum Gasteiger partial charge on any atom is 0.0406 e. The molecule has 19 heavy (non-hydrogen) atoms. The molecule has 2 aromatic carbocycles. The molecule has 0 heterocycles. The number of hydrogen-bond donors (Lipinski definition) is 1. The van der Waals surface area contributed by atoms with E-state index in [2.05, 4.69) is 60.7 Å². The molecule has 0 saturated carbocycles. The first-order valence-electron chi connectivity index (χ1n) is 6.43. The van der Waals surface area contributed by atoms with Crippen LogP contribution in [-0.4, -0.2) is 0 Å². The Hall–Kier alpha value is -2.54. The Morgan fingerprint density at radius 1 is 0.632 bits per heavy atom. The van der Waals surface area contributed by atoms with Crippen molar-refractivity contribution in [3.63, 3.8) is 0 Å². The zero-order chi connectivity index (χ0) is 12.8. The molecule has 0 fully saturated rings. The summed E-state index contributed by atoms with van der Waals surface area (Å²) >= 11 is 0. The molecule has 0 bridgehead atoms. The van der Waals surface area contributed by atoms with Crippen LogP contribution in [0.1, 0.15) is 0 Å². The van der Waals surface area contributed by atoms with Gasteiger partial charge in [-0.05, 0) is 45.3 Å². The first-order valence-corrected chi connectivity index (χ1v) is 6.43. The molecule has 0 atom stereocenters. The third-order valence-electron chi connectivity index (χ3n) is 3.74. The van der Waals surface area contributed by atoms with Crippen molar-refractivity contribution < 1.29 is 0 Å². The summed E-state index contributed by atoms with van der Waals surface area (Å²) in [6, 6.07) is 23.3. The van der Waals surface area contributed by atoms with Crippen molar-refractivity contribution in [1.29, 1.82) is 0 Å². The number of anilines is 1. The number of fused-ring (bicyclic) bond motifs is 4. The van der Waals surface area contributed by atoms with E-state index < -0.39 is 0 Å². The average molecular weight is 243 g/mol. The van der Waals surface area contributed by atoms with Crippen LogP contribution in [0.4, 0.5) is 5.69 Å². The lowest BCUT2D eigenvalue weighted by Gasteiger charge is -1.98. The van der Waals surface area contributed by atoms with E-state index in [0.717, 1.165) is 11.3 Å². The number of rotatable bonds is 0. The lowest BCUT2D eigenvalue weighted by Crippen LogP contribution is -1.84. The van der Waals surface area contributed by atoms with E-state index in [1.54, 1.807) is 0 Å². The molecular formula is C18H13N. The van der Waals surface area contributed by atoms with E-state index in [9.17, 15) is 0 Å². The van der Waals surface area contributed by atoms with Crippen molar-refractivity contribution in [2.24, 2.45) is 0 Å². The largest absolute Gasteiger partial charge is 0.398 e. The summed E-state index contributed by atoms with van der Waals surface area (Å²) in [7, 11) is 0. The number of nitrogen functional groups attached to an aromatic ring is 1. The van der Waals surface area contributed by atoms with Crippen molar-refractivity contribution in [2.45, 2.75) is 0 Å². The summed E-state index contributed by atoms with van der Waals surface area (Å²) in [5.41, 5.74) is 9.52. The van der Waals surface area contributed by atoms with Gasteiger partial charge in [0, 0.05) is 11.3 Å². The van der Waals surface area contributed by atoms with Crippen LogP contribution in [0.3, 0.4) is 0 Å². The molecule has 0 aliphatic heterocycles. The van der Waals surface area contributed by atoms with Crippen LogP contribution in [0.2, 0.25) is 0 Å². The predicted molar refractivity (Wildman–Crippen MR) is 82.5 cm³/mol. The first-order chi connectivity index (χ1) is 9.33. The van der Waals surface area contributed by atoms with Crippen LogP contribution in [0.15, 0.2) is 66.7 Å². The van der Waals surface area contributed by atoms with Gasteiger partial charge in [0.25, 0.3) is 0 Å². The topological polar surface area (TPSA) is 26.0 Å². The zero-order valence-electron chi connectivity index (χ0n) is 10.4. The van der Waals surface area contributed by atoms with E-state index in [-0.39, 0.29) is 0 Å². The molecule has 2 aliphatic rings.